The largest absolute Gasteiger partial charge is 0.377 e. The van der Waals surface area contributed by atoms with Crippen LogP contribution in [0.25, 0.3) is 0 Å². The lowest BCUT2D eigenvalue weighted by molar-refractivity contribution is -0.118. The van der Waals surface area contributed by atoms with Crippen molar-refractivity contribution in [2.45, 2.75) is 25.0 Å². The summed E-state index contributed by atoms with van der Waals surface area (Å²) in [5, 5.41) is 7.17. The van der Waals surface area contributed by atoms with E-state index in [1.807, 2.05) is 30.3 Å². The molecule has 0 saturated carbocycles. The van der Waals surface area contributed by atoms with Gasteiger partial charge in [0.05, 0.1) is 6.10 Å². The molecule has 1 saturated heterocycles. The summed E-state index contributed by atoms with van der Waals surface area (Å²) in [5.74, 6) is -0.164. The number of carbonyl (C=O) groups is 1. The van der Waals surface area contributed by atoms with Crippen molar-refractivity contribution in [1.29, 1.82) is 0 Å². The van der Waals surface area contributed by atoms with Crippen molar-refractivity contribution in [3.8, 4) is 0 Å². The Balaban J connectivity index is 1.73. The highest BCUT2D eigenvalue weighted by Crippen LogP contribution is 2.24. The minimum absolute atomic E-state index is 0.152. The highest BCUT2D eigenvalue weighted by Gasteiger charge is 2.23. The van der Waals surface area contributed by atoms with Crippen molar-refractivity contribution in [1.82, 2.24) is 5.32 Å². The number of carbonyl (C=O) groups excluding carboxylic acids is 1. The van der Waals surface area contributed by atoms with Gasteiger partial charge in [0.1, 0.15) is 6.04 Å². The van der Waals surface area contributed by atoms with Gasteiger partial charge in [0.15, 0.2) is 0 Å². The van der Waals surface area contributed by atoms with E-state index < -0.39 is 6.04 Å². The maximum absolute atomic E-state index is 12.8. The van der Waals surface area contributed by atoms with E-state index in [9.17, 15) is 4.79 Å². The van der Waals surface area contributed by atoms with Crippen LogP contribution in [-0.2, 0) is 9.53 Å². The van der Waals surface area contributed by atoms with E-state index in [2.05, 4.69) is 10.6 Å². The fraction of sp³-hybridized carbons (Fsp3) is 0.316. The molecule has 3 rings (SSSR count). The van der Waals surface area contributed by atoms with Crippen molar-refractivity contribution in [2.75, 3.05) is 18.5 Å². The second-order valence-electron chi connectivity index (χ2n) is 6.03. The van der Waals surface area contributed by atoms with E-state index >= 15 is 0 Å². The number of hydrogen-bond acceptors (Lipinski definition) is 3. The number of anilines is 1. The molecule has 0 aliphatic carbocycles. The molecule has 1 amide bonds. The van der Waals surface area contributed by atoms with Crippen molar-refractivity contribution >= 4 is 34.8 Å². The predicted octanol–water partition coefficient (Wildman–Crippen LogP) is 4.44. The van der Waals surface area contributed by atoms with Gasteiger partial charge in [0.25, 0.3) is 0 Å². The van der Waals surface area contributed by atoms with Crippen LogP contribution in [0, 0.1) is 0 Å². The standard InChI is InChI=1S/C19H20Cl2N2O2/c20-14-9-15(21)11-16(10-14)23-19(24)18(13-5-2-1-3-6-13)22-12-17-7-4-8-25-17/h1-3,5-6,9-11,17-18,22H,4,7-8,12H2,(H,23,24)/t17-,18-/m0/s1. The van der Waals surface area contributed by atoms with Gasteiger partial charge in [-0.05, 0) is 36.6 Å². The number of nitrogens with one attached hydrogen (secondary N) is 2. The summed E-state index contributed by atoms with van der Waals surface area (Å²) in [6, 6.07) is 14.1. The number of amides is 1. The van der Waals surface area contributed by atoms with Gasteiger partial charge in [0.2, 0.25) is 5.91 Å². The highest BCUT2D eigenvalue weighted by molar-refractivity contribution is 6.35. The second kappa shape index (κ2) is 8.68. The third kappa shape index (κ3) is 5.19. The van der Waals surface area contributed by atoms with E-state index in [0.717, 1.165) is 25.0 Å². The Morgan fingerprint density at radius 2 is 1.88 bits per heavy atom. The number of ether oxygens (including phenoxy) is 1. The molecule has 1 aliphatic heterocycles. The summed E-state index contributed by atoms with van der Waals surface area (Å²) in [6.07, 6.45) is 2.23. The summed E-state index contributed by atoms with van der Waals surface area (Å²) >= 11 is 12.0. The van der Waals surface area contributed by atoms with Gasteiger partial charge in [-0.25, -0.2) is 0 Å². The first-order chi connectivity index (χ1) is 12.1. The molecule has 6 heteroatoms. The number of benzene rings is 2. The maximum Gasteiger partial charge on any atom is 0.246 e. The van der Waals surface area contributed by atoms with E-state index in [4.69, 9.17) is 27.9 Å². The molecule has 132 valence electrons. The Morgan fingerprint density at radius 3 is 2.52 bits per heavy atom. The van der Waals surface area contributed by atoms with E-state index in [1.54, 1.807) is 18.2 Å². The number of rotatable bonds is 6. The Morgan fingerprint density at radius 1 is 1.16 bits per heavy atom. The molecule has 25 heavy (non-hydrogen) atoms. The number of halogens is 2. The first-order valence-electron chi connectivity index (χ1n) is 8.29. The van der Waals surface area contributed by atoms with Gasteiger partial charge < -0.3 is 10.1 Å². The van der Waals surface area contributed by atoms with Crippen molar-refractivity contribution in [3.05, 3.63) is 64.1 Å². The maximum atomic E-state index is 12.8. The third-order valence-electron chi connectivity index (χ3n) is 4.10. The molecular weight excluding hydrogens is 359 g/mol. The molecule has 0 bridgehead atoms. The van der Waals surface area contributed by atoms with Crippen LogP contribution in [0.2, 0.25) is 10.0 Å². The Kier molecular flexibility index (Phi) is 6.32. The normalized spacial score (nSPS) is 18.1. The SMILES string of the molecule is O=C(Nc1cc(Cl)cc(Cl)c1)[C@@H](NC[C@@H]1CCCO1)c1ccccc1. The number of hydrogen-bond donors (Lipinski definition) is 2. The fourth-order valence-corrected chi connectivity index (χ4v) is 3.43. The molecule has 0 aromatic heterocycles. The summed E-state index contributed by atoms with van der Waals surface area (Å²) in [5.41, 5.74) is 1.47. The molecule has 2 aromatic carbocycles. The van der Waals surface area contributed by atoms with Crippen LogP contribution >= 0.6 is 23.2 Å². The molecule has 1 heterocycles. The van der Waals surface area contributed by atoms with Crippen LogP contribution < -0.4 is 10.6 Å². The zero-order valence-corrected chi connectivity index (χ0v) is 15.2. The zero-order chi connectivity index (χ0) is 17.6. The minimum Gasteiger partial charge on any atom is -0.377 e. The molecule has 1 fully saturated rings. The molecule has 4 nitrogen and oxygen atoms in total. The third-order valence-corrected chi connectivity index (χ3v) is 4.54. The van der Waals surface area contributed by atoms with Crippen LogP contribution in [0.4, 0.5) is 5.69 Å². The van der Waals surface area contributed by atoms with Crippen LogP contribution in [0.5, 0.6) is 0 Å². The summed E-state index contributed by atoms with van der Waals surface area (Å²) in [6.45, 7) is 1.42. The highest BCUT2D eigenvalue weighted by atomic mass is 35.5. The first kappa shape index (κ1) is 18.2. The first-order valence-corrected chi connectivity index (χ1v) is 9.04. The quantitative estimate of drug-likeness (QED) is 0.780. The average molecular weight is 379 g/mol. The summed E-state index contributed by atoms with van der Waals surface area (Å²) in [4.78, 5) is 12.8. The Hall–Kier alpha value is -1.59. The van der Waals surface area contributed by atoms with Crippen molar-refractivity contribution in [3.63, 3.8) is 0 Å². The monoisotopic (exact) mass is 378 g/mol. The van der Waals surface area contributed by atoms with Crippen LogP contribution in [0.15, 0.2) is 48.5 Å². The van der Waals surface area contributed by atoms with Crippen LogP contribution in [0.1, 0.15) is 24.4 Å². The topological polar surface area (TPSA) is 50.4 Å². The minimum atomic E-state index is -0.483. The lowest BCUT2D eigenvalue weighted by Crippen LogP contribution is -2.37. The van der Waals surface area contributed by atoms with Gasteiger partial charge in [-0.3, -0.25) is 10.1 Å². The van der Waals surface area contributed by atoms with Crippen molar-refractivity contribution < 1.29 is 9.53 Å². The molecule has 1 aliphatic rings. The molecule has 0 spiro atoms. The second-order valence-corrected chi connectivity index (χ2v) is 6.91. The Bertz CT molecular complexity index is 698. The fourth-order valence-electron chi connectivity index (χ4n) is 2.90. The summed E-state index contributed by atoms with van der Waals surface area (Å²) < 4.78 is 5.64. The van der Waals surface area contributed by atoms with Gasteiger partial charge >= 0.3 is 0 Å². The molecule has 0 radical (unpaired) electrons. The zero-order valence-electron chi connectivity index (χ0n) is 13.7. The van der Waals surface area contributed by atoms with Crippen molar-refractivity contribution in [2.24, 2.45) is 0 Å². The molecule has 0 unspecified atom stereocenters. The van der Waals surface area contributed by atoms with E-state index in [1.165, 1.54) is 0 Å². The average Bonchev–Trinajstić information content (AvgIpc) is 3.08. The molecule has 2 aromatic rings. The molecule has 2 atom stereocenters. The smallest absolute Gasteiger partial charge is 0.246 e. The van der Waals surface area contributed by atoms with E-state index in [-0.39, 0.29) is 12.0 Å². The molecule has 2 N–H and O–H groups in total. The van der Waals surface area contributed by atoms with Gasteiger partial charge in [-0.15, -0.1) is 0 Å². The summed E-state index contributed by atoms with van der Waals surface area (Å²) in [7, 11) is 0. The van der Waals surface area contributed by atoms with Gasteiger partial charge in [0, 0.05) is 28.9 Å². The lowest BCUT2D eigenvalue weighted by Gasteiger charge is -2.21. The Labute approximate surface area is 157 Å². The van der Waals surface area contributed by atoms with E-state index in [0.29, 0.717) is 22.3 Å². The van der Waals surface area contributed by atoms with Gasteiger partial charge in [-0.1, -0.05) is 53.5 Å². The predicted molar refractivity (Wildman–Crippen MR) is 101 cm³/mol. The van der Waals surface area contributed by atoms with Gasteiger partial charge in [-0.2, -0.15) is 0 Å². The van der Waals surface area contributed by atoms with Crippen LogP contribution in [-0.4, -0.2) is 25.2 Å². The van der Waals surface area contributed by atoms with Crippen LogP contribution in [0.3, 0.4) is 0 Å². The lowest BCUT2D eigenvalue weighted by atomic mass is 10.1. The molecular formula is C19H20Cl2N2O2.